The molecule has 0 spiro atoms. The molecular weight excluding hydrogens is 233 g/mol. The Bertz CT molecular complexity index is 660. The summed E-state index contributed by atoms with van der Waals surface area (Å²) in [7, 11) is 0. The van der Waals surface area contributed by atoms with E-state index in [2.05, 4.69) is 4.98 Å². The summed E-state index contributed by atoms with van der Waals surface area (Å²) in [6.45, 7) is 0. The lowest BCUT2D eigenvalue weighted by atomic mass is 10.1. The minimum absolute atomic E-state index is 0.0310. The number of para-hydroxylation sites is 1. The Balaban J connectivity index is 2.07. The molecule has 1 N–H and O–H groups in total. The first-order valence-corrected chi connectivity index (χ1v) is 5.52. The van der Waals surface area contributed by atoms with E-state index in [1.54, 1.807) is 12.1 Å². The Hall–Kier alpha value is -2.20. The number of halogens is 1. The van der Waals surface area contributed by atoms with Crippen molar-refractivity contribution < 1.29 is 13.9 Å². The highest BCUT2D eigenvalue weighted by molar-refractivity contribution is 5.77. The molecule has 2 aromatic heterocycles. The standard InChI is InChI=1S/C14H10FNO2/c15-10-5-3-7-16-13(10)14(17)12-8-9-4-1-2-6-11(9)18-12/h1-8,14,17H. The predicted octanol–water partition coefficient (Wildman–Crippen LogP) is 3.05. The molecule has 0 fully saturated rings. The monoisotopic (exact) mass is 243 g/mol. The number of aliphatic hydroxyl groups excluding tert-OH is 1. The zero-order valence-electron chi connectivity index (χ0n) is 9.38. The minimum Gasteiger partial charge on any atom is -0.458 e. The predicted molar refractivity (Wildman–Crippen MR) is 64.5 cm³/mol. The largest absolute Gasteiger partial charge is 0.458 e. The molecule has 1 aromatic carbocycles. The molecule has 90 valence electrons. The van der Waals surface area contributed by atoms with Crippen LogP contribution in [-0.2, 0) is 0 Å². The van der Waals surface area contributed by atoms with Gasteiger partial charge in [0.05, 0.1) is 0 Å². The molecule has 0 aliphatic carbocycles. The number of hydrogen-bond acceptors (Lipinski definition) is 3. The number of pyridine rings is 1. The Morgan fingerprint density at radius 1 is 1.17 bits per heavy atom. The third kappa shape index (κ3) is 1.76. The molecule has 4 heteroatoms. The zero-order chi connectivity index (χ0) is 12.5. The van der Waals surface area contributed by atoms with Crippen molar-refractivity contribution in [1.82, 2.24) is 4.98 Å². The van der Waals surface area contributed by atoms with Crippen molar-refractivity contribution in [3.8, 4) is 0 Å². The van der Waals surface area contributed by atoms with Gasteiger partial charge >= 0.3 is 0 Å². The number of rotatable bonds is 2. The maximum atomic E-state index is 13.5. The first kappa shape index (κ1) is 10.9. The summed E-state index contributed by atoms with van der Waals surface area (Å²) in [5.41, 5.74) is 0.624. The van der Waals surface area contributed by atoms with Crippen molar-refractivity contribution in [3.05, 3.63) is 65.9 Å². The van der Waals surface area contributed by atoms with Crippen molar-refractivity contribution in [1.29, 1.82) is 0 Å². The van der Waals surface area contributed by atoms with E-state index in [9.17, 15) is 9.50 Å². The number of fused-ring (bicyclic) bond motifs is 1. The number of aromatic nitrogens is 1. The van der Waals surface area contributed by atoms with Gasteiger partial charge in [-0.05, 0) is 24.3 Å². The van der Waals surface area contributed by atoms with Gasteiger partial charge in [-0.3, -0.25) is 4.98 Å². The molecule has 0 amide bonds. The van der Waals surface area contributed by atoms with Gasteiger partial charge in [-0.1, -0.05) is 18.2 Å². The van der Waals surface area contributed by atoms with Crippen LogP contribution in [0, 0.1) is 5.82 Å². The number of furan rings is 1. The molecule has 3 aromatic rings. The zero-order valence-corrected chi connectivity index (χ0v) is 9.38. The fourth-order valence-corrected chi connectivity index (χ4v) is 1.87. The minimum atomic E-state index is -1.20. The van der Waals surface area contributed by atoms with Crippen molar-refractivity contribution in [2.45, 2.75) is 6.10 Å². The van der Waals surface area contributed by atoms with Gasteiger partial charge in [0.2, 0.25) is 0 Å². The average Bonchev–Trinajstić information content (AvgIpc) is 2.82. The molecule has 3 nitrogen and oxygen atoms in total. The first-order chi connectivity index (χ1) is 8.75. The van der Waals surface area contributed by atoms with Gasteiger partial charge in [-0.25, -0.2) is 4.39 Å². The second-order valence-corrected chi connectivity index (χ2v) is 3.96. The second-order valence-electron chi connectivity index (χ2n) is 3.96. The van der Waals surface area contributed by atoms with Crippen LogP contribution in [0.2, 0.25) is 0 Å². The third-order valence-electron chi connectivity index (χ3n) is 2.76. The van der Waals surface area contributed by atoms with Gasteiger partial charge in [0.1, 0.15) is 22.9 Å². The van der Waals surface area contributed by atoms with E-state index in [-0.39, 0.29) is 11.5 Å². The summed E-state index contributed by atoms with van der Waals surface area (Å²) < 4.78 is 19.0. The molecule has 1 unspecified atom stereocenters. The molecule has 0 saturated carbocycles. The maximum Gasteiger partial charge on any atom is 0.156 e. The SMILES string of the molecule is OC(c1cc2ccccc2o1)c1ncccc1F. The summed E-state index contributed by atoms with van der Waals surface area (Å²) in [6, 6.07) is 11.8. The lowest BCUT2D eigenvalue weighted by Gasteiger charge is -2.07. The lowest BCUT2D eigenvalue weighted by molar-refractivity contribution is 0.182. The fraction of sp³-hybridized carbons (Fsp3) is 0.0714. The highest BCUT2D eigenvalue weighted by Gasteiger charge is 2.20. The summed E-state index contributed by atoms with van der Waals surface area (Å²) in [5.74, 6) is -0.265. The molecule has 0 aliphatic heterocycles. The number of hydrogen-bond donors (Lipinski definition) is 1. The molecule has 0 saturated heterocycles. The molecule has 0 radical (unpaired) electrons. The van der Waals surface area contributed by atoms with Crippen LogP contribution in [0.5, 0.6) is 0 Å². The molecule has 0 aliphatic rings. The van der Waals surface area contributed by atoms with E-state index in [0.29, 0.717) is 5.58 Å². The van der Waals surface area contributed by atoms with Gasteiger partial charge in [0.25, 0.3) is 0 Å². The molecule has 2 heterocycles. The van der Waals surface area contributed by atoms with Crippen molar-refractivity contribution in [2.75, 3.05) is 0 Å². The van der Waals surface area contributed by atoms with Crippen molar-refractivity contribution in [2.24, 2.45) is 0 Å². The Morgan fingerprint density at radius 2 is 2.00 bits per heavy atom. The molecule has 3 rings (SSSR count). The van der Waals surface area contributed by atoms with Gasteiger partial charge in [-0.15, -0.1) is 0 Å². The van der Waals surface area contributed by atoms with E-state index >= 15 is 0 Å². The average molecular weight is 243 g/mol. The number of benzene rings is 1. The van der Waals surface area contributed by atoms with Crippen molar-refractivity contribution in [3.63, 3.8) is 0 Å². The lowest BCUT2D eigenvalue weighted by Crippen LogP contribution is -2.03. The van der Waals surface area contributed by atoms with Gasteiger partial charge in [0, 0.05) is 11.6 Å². The van der Waals surface area contributed by atoms with Crippen LogP contribution in [0.25, 0.3) is 11.0 Å². The van der Waals surface area contributed by atoms with Crippen LogP contribution in [0.3, 0.4) is 0 Å². The quantitative estimate of drug-likeness (QED) is 0.752. The highest BCUT2D eigenvalue weighted by Crippen LogP contribution is 2.28. The highest BCUT2D eigenvalue weighted by atomic mass is 19.1. The first-order valence-electron chi connectivity index (χ1n) is 5.52. The van der Waals surface area contributed by atoms with Crippen LogP contribution in [0.4, 0.5) is 4.39 Å². The Labute approximate surface area is 103 Å². The summed E-state index contributed by atoms with van der Waals surface area (Å²) in [6.07, 6.45) is 0.239. The van der Waals surface area contributed by atoms with Crippen molar-refractivity contribution >= 4 is 11.0 Å². The summed E-state index contributed by atoms with van der Waals surface area (Å²) in [5, 5.41) is 10.9. The molecule has 0 bridgehead atoms. The van der Waals surface area contributed by atoms with Crippen LogP contribution in [0.15, 0.2) is 53.1 Å². The van der Waals surface area contributed by atoms with Crippen LogP contribution >= 0.6 is 0 Å². The van der Waals surface area contributed by atoms with Gasteiger partial charge < -0.3 is 9.52 Å². The maximum absolute atomic E-state index is 13.5. The Morgan fingerprint density at radius 3 is 2.78 bits per heavy atom. The van der Waals surface area contributed by atoms with Gasteiger partial charge in [-0.2, -0.15) is 0 Å². The van der Waals surface area contributed by atoms with Crippen LogP contribution in [-0.4, -0.2) is 10.1 Å². The summed E-state index contributed by atoms with van der Waals surface area (Å²) in [4.78, 5) is 3.84. The van der Waals surface area contributed by atoms with Gasteiger partial charge in [0.15, 0.2) is 6.10 Å². The number of aliphatic hydroxyl groups is 1. The molecular formula is C14H10FNO2. The van der Waals surface area contributed by atoms with Crippen LogP contribution in [0.1, 0.15) is 17.6 Å². The Kier molecular flexibility index (Phi) is 2.57. The third-order valence-corrected chi connectivity index (χ3v) is 2.76. The van der Waals surface area contributed by atoms with E-state index in [1.165, 1.54) is 18.3 Å². The summed E-state index contributed by atoms with van der Waals surface area (Å²) >= 11 is 0. The van der Waals surface area contributed by atoms with E-state index in [1.807, 2.05) is 18.2 Å². The molecule has 18 heavy (non-hydrogen) atoms. The van der Waals surface area contributed by atoms with E-state index in [0.717, 1.165) is 5.39 Å². The topological polar surface area (TPSA) is 46.3 Å². The smallest absolute Gasteiger partial charge is 0.156 e. The van der Waals surface area contributed by atoms with E-state index < -0.39 is 11.9 Å². The normalized spacial score (nSPS) is 12.8. The second kappa shape index (κ2) is 4.23. The fourth-order valence-electron chi connectivity index (χ4n) is 1.87. The molecule has 1 atom stereocenters. The van der Waals surface area contributed by atoms with E-state index in [4.69, 9.17) is 4.42 Å². The number of nitrogens with zero attached hydrogens (tertiary/aromatic N) is 1. The van der Waals surface area contributed by atoms with Crippen LogP contribution < -0.4 is 0 Å².